The second-order valence-corrected chi connectivity index (χ2v) is 4.41. The van der Waals surface area contributed by atoms with Crippen LogP contribution in [0.3, 0.4) is 0 Å². The lowest BCUT2D eigenvalue weighted by Gasteiger charge is -2.44. The lowest BCUT2D eigenvalue weighted by molar-refractivity contribution is 0.0580. The number of fused-ring (bicyclic) bond motifs is 1. The van der Waals surface area contributed by atoms with Crippen LogP contribution in [0.25, 0.3) is 0 Å². The summed E-state index contributed by atoms with van der Waals surface area (Å²) in [6, 6.07) is 0.970. The Balaban J connectivity index is 0.000000617. The maximum Gasteiger partial charge on any atom is 0.0123 e. The highest BCUT2D eigenvalue weighted by atomic mass is 15.2. The molecule has 2 aliphatic rings. The molecule has 15 heavy (non-hydrogen) atoms. The van der Waals surface area contributed by atoms with E-state index >= 15 is 0 Å². The molecule has 0 spiro atoms. The largest absolute Gasteiger partial charge is 0.300 e. The molecule has 0 aromatic heterocycles. The highest BCUT2D eigenvalue weighted by Crippen LogP contribution is 2.32. The maximum absolute atomic E-state index is 2.75. The molecule has 0 aliphatic carbocycles. The van der Waals surface area contributed by atoms with Crippen molar-refractivity contribution in [3.05, 3.63) is 0 Å². The Kier molecular flexibility index (Phi) is 8.13. The average molecular weight is 213 g/mol. The minimum atomic E-state index is 0. The monoisotopic (exact) mass is 213 g/mol. The van der Waals surface area contributed by atoms with Crippen molar-refractivity contribution in [3.63, 3.8) is 0 Å². The third-order valence-corrected chi connectivity index (χ3v) is 3.75. The molecule has 0 amide bonds. The molecule has 0 radical (unpaired) electrons. The normalized spacial score (nSPS) is 30.6. The predicted molar refractivity (Wildman–Crippen MR) is 70.3 cm³/mol. The van der Waals surface area contributed by atoms with Crippen LogP contribution in [0, 0.1) is 5.92 Å². The van der Waals surface area contributed by atoms with Crippen LogP contribution in [-0.4, -0.2) is 24.0 Å². The lowest BCUT2D eigenvalue weighted by atomic mass is 9.82. The van der Waals surface area contributed by atoms with Crippen LogP contribution in [0.1, 0.15) is 66.7 Å². The van der Waals surface area contributed by atoms with Gasteiger partial charge in [0, 0.05) is 6.04 Å². The highest BCUT2D eigenvalue weighted by Gasteiger charge is 2.31. The second kappa shape index (κ2) is 8.15. The van der Waals surface area contributed by atoms with Crippen molar-refractivity contribution in [3.8, 4) is 0 Å². The van der Waals surface area contributed by atoms with Crippen molar-refractivity contribution < 1.29 is 0 Å². The topological polar surface area (TPSA) is 3.24 Å². The molecule has 92 valence electrons. The van der Waals surface area contributed by atoms with E-state index in [-0.39, 0.29) is 7.43 Å². The summed E-state index contributed by atoms with van der Waals surface area (Å²) in [6.07, 6.45) is 8.77. The van der Waals surface area contributed by atoms with Crippen molar-refractivity contribution in [2.75, 3.05) is 13.1 Å². The van der Waals surface area contributed by atoms with Crippen LogP contribution >= 0.6 is 0 Å². The molecule has 0 aromatic carbocycles. The molecule has 2 fully saturated rings. The fraction of sp³-hybridized carbons (Fsp3) is 1.00. The molecule has 0 N–H and O–H groups in total. The van der Waals surface area contributed by atoms with Crippen LogP contribution in [0.5, 0.6) is 0 Å². The fourth-order valence-electron chi connectivity index (χ4n) is 3.05. The Labute approximate surface area is 97.2 Å². The van der Waals surface area contributed by atoms with Crippen LogP contribution in [0.2, 0.25) is 0 Å². The number of hydrogen-bond donors (Lipinski definition) is 0. The van der Waals surface area contributed by atoms with Crippen molar-refractivity contribution in [1.29, 1.82) is 0 Å². The second-order valence-electron chi connectivity index (χ2n) is 4.41. The smallest absolute Gasteiger partial charge is 0.0123 e. The van der Waals surface area contributed by atoms with Gasteiger partial charge in [-0.1, -0.05) is 41.0 Å². The molecule has 2 heterocycles. The zero-order valence-corrected chi connectivity index (χ0v) is 10.3. The molecule has 2 atom stereocenters. The van der Waals surface area contributed by atoms with E-state index < -0.39 is 0 Å². The molecule has 2 saturated heterocycles. The highest BCUT2D eigenvalue weighted by molar-refractivity contribution is 4.86. The van der Waals surface area contributed by atoms with Crippen LogP contribution in [0.4, 0.5) is 0 Å². The van der Waals surface area contributed by atoms with Gasteiger partial charge in [0.25, 0.3) is 0 Å². The predicted octanol–water partition coefficient (Wildman–Crippen LogP) is 4.32. The summed E-state index contributed by atoms with van der Waals surface area (Å²) in [5, 5.41) is 0. The summed E-state index contributed by atoms with van der Waals surface area (Å²) in [6.45, 7) is 9.14. The standard InChI is InChI=1S/C11H21N.C2H6.CH4/c1-2-10-6-5-9-12-8-4-3-7-11(10)12;1-2;/h10-11H,2-9H2,1H3;1-2H3;1H4. The number of nitrogens with zero attached hydrogens (tertiary/aromatic N) is 1. The Morgan fingerprint density at radius 2 is 1.67 bits per heavy atom. The van der Waals surface area contributed by atoms with E-state index in [1.165, 1.54) is 51.6 Å². The average Bonchev–Trinajstić information content (AvgIpc) is 2.31. The van der Waals surface area contributed by atoms with E-state index in [9.17, 15) is 0 Å². The van der Waals surface area contributed by atoms with Crippen molar-refractivity contribution >= 4 is 0 Å². The molecule has 0 aromatic rings. The summed E-state index contributed by atoms with van der Waals surface area (Å²) in [5.41, 5.74) is 0. The van der Waals surface area contributed by atoms with Gasteiger partial charge in [-0.15, -0.1) is 0 Å². The molecular formula is C14H31N. The minimum Gasteiger partial charge on any atom is -0.300 e. The zero-order chi connectivity index (χ0) is 10.4. The maximum atomic E-state index is 2.75. The summed E-state index contributed by atoms with van der Waals surface area (Å²) in [4.78, 5) is 2.75. The minimum absolute atomic E-state index is 0. The Morgan fingerprint density at radius 1 is 1.00 bits per heavy atom. The Bertz CT molecular complexity index is 136. The molecule has 1 heteroatoms. The first-order chi connectivity index (χ1) is 6.92. The number of piperidine rings is 2. The van der Waals surface area contributed by atoms with Gasteiger partial charge in [0.15, 0.2) is 0 Å². The first-order valence-electron chi connectivity index (χ1n) is 6.66. The van der Waals surface area contributed by atoms with E-state index in [2.05, 4.69) is 11.8 Å². The summed E-state index contributed by atoms with van der Waals surface area (Å²) in [5.74, 6) is 1.03. The number of rotatable bonds is 1. The van der Waals surface area contributed by atoms with Gasteiger partial charge in [0.1, 0.15) is 0 Å². The summed E-state index contributed by atoms with van der Waals surface area (Å²) >= 11 is 0. The molecular weight excluding hydrogens is 182 g/mol. The van der Waals surface area contributed by atoms with Gasteiger partial charge in [-0.2, -0.15) is 0 Å². The van der Waals surface area contributed by atoms with E-state index in [1.807, 2.05) is 13.8 Å². The SMILES string of the molecule is C.CC.CCC1CCCN2CCCCC12. The molecule has 2 unspecified atom stereocenters. The van der Waals surface area contributed by atoms with E-state index in [0.29, 0.717) is 0 Å². The first kappa shape index (κ1) is 15.0. The van der Waals surface area contributed by atoms with Gasteiger partial charge in [-0.25, -0.2) is 0 Å². The van der Waals surface area contributed by atoms with Crippen LogP contribution in [0.15, 0.2) is 0 Å². The van der Waals surface area contributed by atoms with Gasteiger partial charge in [0.2, 0.25) is 0 Å². The van der Waals surface area contributed by atoms with Crippen molar-refractivity contribution in [2.45, 2.75) is 72.8 Å². The molecule has 0 bridgehead atoms. The third kappa shape index (κ3) is 3.79. The van der Waals surface area contributed by atoms with E-state index in [4.69, 9.17) is 0 Å². The lowest BCUT2D eigenvalue weighted by Crippen LogP contribution is -2.47. The van der Waals surface area contributed by atoms with Gasteiger partial charge in [0.05, 0.1) is 0 Å². The van der Waals surface area contributed by atoms with Crippen molar-refractivity contribution in [2.24, 2.45) is 5.92 Å². The van der Waals surface area contributed by atoms with Crippen LogP contribution < -0.4 is 0 Å². The fourth-order valence-corrected chi connectivity index (χ4v) is 3.05. The summed E-state index contributed by atoms with van der Waals surface area (Å²) < 4.78 is 0. The number of hydrogen-bond acceptors (Lipinski definition) is 1. The Morgan fingerprint density at radius 3 is 2.33 bits per heavy atom. The van der Waals surface area contributed by atoms with Gasteiger partial charge in [-0.05, 0) is 44.7 Å². The third-order valence-electron chi connectivity index (χ3n) is 3.75. The van der Waals surface area contributed by atoms with E-state index in [0.717, 1.165) is 12.0 Å². The molecule has 0 saturated carbocycles. The van der Waals surface area contributed by atoms with Gasteiger partial charge >= 0.3 is 0 Å². The van der Waals surface area contributed by atoms with Gasteiger partial charge < -0.3 is 4.90 Å². The van der Waals surface area contributed by atoms with E-state index in [1.54, 1.807) is 0 Å². The zero-order valence-electron chi connectivity index (χ0n) is 10.3. The van der Waals surface area contributed by atoms with Crippen LogP contribution in [-0.2, 0) is 0 Å². The molecule has 1 nitrogen and oxygen atoms in total. The quantitative estimate of drug-likeness (QED) is 0.627. The van der Waals surface area contributed by atoms with Crippen molar-refractivity contribution in [1.82, 2.24) is 4.90 Å². The Hall–Kier alpha value is -0.0400. The first-order valence-corrected chi connectivity index (χ1v) is 6.66. The molecule has 2 rings (SSSR count). The summed E-state index contributed by atoms with van der Waals surface area (Å²) in [7, 11) is 0. The molecule has 2 aliphatic heterocycles. The van der Waals surface area contributed by atoms with Gasteiger partial charge in [-0.3, -0.25) is 0 Å².